The summed E-state index contributed by atoms with van der Waals surface area (Å²) in [5, 5.41) is 18.0. The van der Waals surface area contributed by atoms with E-state index in [-0.39, 0.29) is 12.5 Å². The summed E-state index contributed by atoms with van der Waals surface area (Å²) in [5.74, 6) is 0.264. The second kappa shape index (κ2) is 5.38. The molecule has 0 aromatic heterocycles. The number of benzene rings is 1. The van der Waals surface area contributed by atoms with E-state index in [1.165, 1.54) is 0 Å². The minimum atomic E-state index is -0.292. The number of hydrogen-bond donors (Lipinski definition) is 1. The quantitative estimate of drug-likeness (QED) is 0.814. The molecule has 0 heterocycles. The van der Waals surface area contributed by atoms with Gasteiger partial charge in [-0.2, -0.15) is 5.26 Å². The van der Waals surface area contributed by atoms with Gasteiger partial charge in [-0.3, -0.25) is 0 Å². The van der Waals surface area contributed by atoms with Crippen LogP contribution in [0.5, 0.6) is 5.75 Å². The lowest BCUT2D eigenvalue weighted by molar-refractivity contribution is 0.282. The highest BCUT2D eigenvalue weighted by Gasteiger charge is 2.13. The Balaban J connectivity index is 3.17. The van der Waals surface area contributed by atoms with Crippen LogP contribution < -0.4 is 4.74 Å². The zero-order valence-corrected chi connectivity index (χ0v) is 8.73. The molecule has 79 valence electrons. The molecule has 0 fully saturated rings. The number of nitriles is 1. The van der Waals surface area contributed by atoms with Crippen molar-refractivity contribution in [1.29, 1.82) is 5.26 Å². The van der Waals surface area contributed by atoms with Gasteiger partial charge >= 0.3 is 0 Å². The Morgan fingerprint density at radius 1 is 1.60 bits per heavy atom. The van der Waals surface area contributed by atoms with Crippen molar-refractivity contribution in [1.82, 2.24) is 0 Å². The van der Waals surface area contributed by atoms with Gasteiger partial charge in [-0.05, 0) is 25.5 Å². The van der Waals surface area contributed by atoms with Crippen molar-refractivity contribution in [2.45, 2.75) is 12.8 Å². The van der Waals surface area contributed by atoms with E-state index in [0.717, 1.165) is 5.56 Å². The molecule has 0 spiro atoms. The fourth-order valence-electron chi connectivity index (χ4n) is 1.38. The van der Waals surface area contributed by atoms with Crippen molar-refractivity contribution in [2.75, 3.05) is 13.2 Å². The maximum Gasteiger partial charge on any atom is 0.137 e. The summed E-state index contributed by atoms with van der Waals surface area (Å²) in [5.41, 5.74) is 1.19. The summed E-state index contributed by atoms with van der Waals surface area (Å²) in [6, 6.07) is 7.42. The van der Waals surface area contributed by atoms with Crippen molar-refractivity contribution in [2.24, 2.45) is 0 Å². The maximum absolute atomic E-state index is 9.03. The highest BCUT2D eigenvalue weighted by Crippen LogP contribution is 2.26. The summed E-state index contributed by atoms with van der Waals surface area (Å²) < 4.78 is 5.33. The number of hydrogen-bond acceptors (Lipinski definition) is 3. The maximum atomic E-state index is 9.03. The van der Waals surface area contributed by atoms with Crippen LogP contribution >= 0.6 is 0 Å². The van der Waals surface area contributed by atoms with Crippen molar-refractivity contribution in [3.05, 3.63) is 36.2 Å². The number of nitrogens with zero attached hydrogens (tertiary/aromatic N) is 1. The predicted octanol–water partition coefficient (Wildman–Crippen LogP) is 1.87. The molecule has 0 aliphatic carbocycles. The van der Waals surface area contributed by atoms with Gasteiger partial charge in [0.25, 0.3) is 0 Å². The Bertz CT molecular complexity index is 368. The van der Waals surface area contributed by atoms with E-state index in [1.54, 1.807) is 18.2 Å². The van der Waals surface area contributed by atoms with Crippen LogP contribution in [-0.4, -0.2) is 18.3 Å². The lowest BCUT2D eigenvalue weighted by atomic mass is 9.96. The minimum absolute atomic E-state index is 0.0791. The van der Waals surface area contributed by atoms with E-state index in [2.05, 4.69) is 13.0 Å². The first-order valence-electron chi connectivity index (χ1n) is 4.84. The molecule has 0 saturated heterocycles. The Kier molecular flexibility index (Phi) is 4.14. The van der Waals surface area contributed by atoms with Gasteiger partial charge < -0.3 is 9.84 Å². The molecule has 1 atom stereocenters. The number of ether oxygens (including phenoxy) is 1. The van der Waals surface area contributed by atoms with Crippen LogP contribution in [0.1, 0.15) is 24.0 Å². The molecule has 0 bridgehead atoms. The van der Waals surface area contributed by atoms with E-state index in [9.17, 15) is 0 Å². The summed E-state index contributed by atoms with van der Waals surface area (Å²) >= 11 is 0. The third kappa shape index (κ3) is 2.48. The molecule has 1 unspecified atom stereocenters. The molecule has 3 nitrogen and oxygen atoms in total. The minimum Gasteiger partial charge on any atom is -0.492 e. The zero-order chi connectivity index (χ0) is 11.3. The molecule has 0 amide bonds. The molecular formula is C12H14NO2. The van der Waals surface area contributed by atoms with E-state index in [1.807, 2.05) is 6.92 Å². The zero-order valence-electron chi connectivity index (χ0n) is 8.73. The Hall–Kier alpha value is -1.53. The largest absolute Gasteiger partial charge is 0.492 e. The average molecular weight is 204 g/mol. The van der Waals surface area contributed by atoms with Crippen molar-refractivity contribution < 1.29 is 9.84 Å². The SMILES string of the molecule is [CH2]C(CO)c1cccc(OCC)c1C#N. The third-order valence-electron chi connectivity index (χ3n) is 2.13. The van der Waals surface area contributed by atoms with E-state index < -0.39 is 0 Å². The second-order valence-electron chi connectivity index (χ2n) is 3.14. The first-order valence-corrected chi connectivity index (χ1v) is 4.84. The summed E-state index contributed by atoms with van der Waals surface area (Å²) in [6.07, 6.45) is 0. The topological polar surface area (TPSA) is 53.2 Å². The molecule has 1 N–H and O–H groups in total. The predicted molar refractivity (Wildman–Crippen MR) is 57.5 cm³/mol. The molecular weight excluding hydrogens is 190 g/mol. The van der Waals surface area contributed by atoms with Gasteiger partial charge in [-0.1, -0.05) is 12.1 Å². The smallest absolute Gasteiger partial charge is 0.137 e. The Labute approximate surface area is 89.9 Å². The van der Waals surface area contributed by atoms with Gasteiger partial charge in [0.15, 0.2) is 0 Å². The van der Waals surface area contributed by atoms with Crippen LogP contribution in [-0.2, 0) is 0 Å². The summed E-state index contributed by atoms with van der Waals surface area (Å²) in [4.78, 5) is 0. The van der Waals surface area contributed by atoms with Gasteiger partial charge in [-0.25, -0.2) is 0 Å². The highest BCUT2D eigenvalue weighted by molar-refractivity contribution is 5.50. The monoisotopic (exact) mass is 204 g/mol. The summed E-state index contributed by atoms with van der Waals surface area (Å²) in [7, 11) is 0. The third-order valence-corrected chi connectivity index (χ3v) is 2.13. The van der Waals surface area contributed by atoms with Gasteiger partial charge in [0.05, 0.1) is 12.2 Å². The normalized spacial score (nSPS) is 11.9. The van der Waals surface area contributed by atoms with Crippen molar-refractivity contribution in [3.8, 4) is 11.8 Å². The van der Waals surface area contributed by atoms with Gasteiger partial charge in [-0.15, -0.1) is 0 Å². The molecule has 15 heavy (non-hydrogen) atoms. The molecule has 0 saturated carbocycles. The highest BCUT2D eigenvalue weighted by atomic mass is 16.5. The van der Waals surface area contributed by atoms with Crippen molar-refractivity contribution in [3.63, 3.8) is 0 Å². The first kappa shape index (κ1) is 11.5. The fourth-order valence-corrected chi connectivity index (χ4v) is 1.38. The van der Waals surface area contributed by atoms with Crippen LogP contribution in [0.25, 0.3) is 0 Å². The molecule has 3 heteroatoms. The van der Waals surface area contributed by atoms with Crippen LogP contribution in [0.4, 0.5) is 0 Å². The van der Waals surface area contributed by atoms with Gasteiger partial charge in [0.2, 0.25) is 0 Å². The average Bonchev–Trinajstić information content (AvgIpc) is 2.28. The van der Waals surface area contributed by atoms with E-state index in [0.29, 0.717) is 17.9 Å². The number of aliphatic hydroxyl groups is 1. The lowest BCUT2D eigenvalue weighted by Gasteiger charge is -2.13. The van der Waals surface area contributed by atoms with E-state index in [4.69, 9.17) is 15.1 Å². The standard InChI is InChI=1S/C12H14NO2/c1-3-15-12-6-4-5-10(9(2)8-14)11(12)7-13/h4-6,9,14H,2-3,8H2,1H3. The molecule has 1 radical (unpaired) electrons. The second-order valence-corrected chi connectivity index (χ2v) is 3.14. The van der Waals surface area contributed by atoms with E-state index >= 15 is 0 Å². The van der Waals surface area contributed by atoms with Crippen LogP contribution in [0.3, 0.4) is 0 Å². The van der Waals surface area contributed by atoms with Crippen LogP contribution in [0.2, 0.25) is 0 Å². The Morgan fingerprint density at radius 2 is 2.33 bits per heavy atom. The van der Waals surface area contributed by atoms with Gasteiger partial charge in [0.1, 0.15) is 11.8 Å². The van der Waals surface area contributed by atoms with Crippen LogP contribution in [0.15, 0.2) is 18.2 Å². The molecule has 1 aromatic carbocycles. The molecule has 0 aliphatic heterocycles. The summed E-state index contributed by atoms with van der Waals surface area (Å²) in [6.45, 7) is 6.08. The lowest BCUT2D eigenvalue weighted by Crippen LogP contribution is -2.04. The molecule has 0 aliphatic rings. The van der Waals surface area contributed by atoms with Gasteiger partial charge in [0, 0.05) is 12.5 Å². The van der Waals surface area contributed by atoms with Crippen molar-refractivity contribution >= 4 is 0 Å². The molecule has 1 rings (SSSR count). The fraction of sp³-hybridized carbons (Fsp3) is 0.333. The Morgan fingerprint density at radius 3 is 2.87 bits per heavy atom. The van der Waals surface area contributed by atoms with Crippen LogP contribution in [0, 0.1) is 18.3 Å². The first-order chi connectivity index (χ1) is 7.24. The molecule has 1 aromatic rings. The number of rotatable bonds is 4. The number of aliphatic hydroxyl groups excluding tert-OH is 1.